The van der Waals surface area contributed by atoms with E-state index in [1.807, 2.05) is 36.5 Å². The second-order valence-electron chi connectivity index (χ2n) is 5.49. The highest BCUT2D eigenvalue weighted by Gasteiger charge is 2.13. The van der Waals surface area contributed by atoms with Crippen molar-refractivity contribution in [2.24, 2.45) is 0 Å². The van der Waals surface area contributed by atoms with Crippen LogP contribution in [0.3, 0.4) is 0 Å². The highest BCUT2D eigenvalue weighted by Crippen LogP contribution is 2.34. The van der Waals surface area contributed by atoms with Crippen molar-refractivity contribution < 1.29 is 9.47 Å². The summed E-state index contributed by atoms with van der Waals surface area (Å²) in [5.41, 5.74) is 2.73. The van der Waals surface area contributed by atoms with Crippen LogP contribution >= 0.6 is 11.3 Å². The van der Waals surface area contributed by atoms with Crippen molar-refractivity contribution in [3.8, 4) is 22.8 Å². The molecule has 0 fully saturated rings. The summed E-state index contributed by atoms with van der Waals surface area (Å²) in [5, 5.41) is 8.58. The van der Waals surface area contributed by atoms with E-state index in [4.69, 9.17) is 9.47 Å². The number of ether oxygens (including phenoxy) is 2. The Balaban J connectivity index is 1.41. The van der Waals surface area contributed by atoms with Crippen molar-refractivity contribution >= 4 is 27.1 Å². The number of hydrogen-bond acceptors (Lipinski definition) is 7. The molecule has 5 rings (SSSR count). The number of fused-ring (bicyclic) bond motifs is 2. The molecule has 1 N–H and O–H groups in total. The van der Waals surface area contributed by atoms with E-state index in [0.717, 1.165) is 38.5 Å². The zero-order valence-corrected chi connectivity index (χ0v) is 13.9. The monoisotopic (exact) mass is 351 g/mol. The van der Waals surface area contributed by atoms with E-state index in [1.165, 1.54) is 11.3 Å². The van der Waals surface area contributed by atoms with Crippen molar-refractivity contribution in [3.05, 3.63) is 48.9 Å². The number of hydrogen-bond donors (Lipinski definition) is 1. The van der Waals surface area contributed by atoms with Gasteiger partial charge in [0.25, 0.3) is 0 Å². The molecule has 4 heterocycles. The van der Waals surface area contributed by atoms with Crippen LogP contribution in [-0.4, -0.2) is 32.8 Å². The van der Waals surface area contributed by atoms with Gasteiger partial charge in [0.15, 0.2) is 11.5 Å². The van der Waals surface area contributed by atoms with Gasteiger partial charge in [0.2, 0.25) is 10.1 Å². The van der Waals surface area contributed by atoms with Gasteiger partial charge in [0.1, 0.15) is 13.2 Å². The molecule has 1 aromatic carbocycles. The molecule has 8 heteroatoms. The molecule has 0 aliphatic carbocycles. The van der Waals surface area contributed by atoms with E-state index in [2.05, 4.69) is 20.4 Å². The van der Waals surface area contributed by atoms with Crippen LogP contribution in [0.5, 0.6) is 11.5 Å². The van der Waals surface area contributed by atoms with Crippen LogP contribution in [0.25, 0.3) is 16.2 Å². The zero-order valence-electron chi connectivity index (χ0n) is 13.0. The van der Waals surface area contributed by atoms with Gasteiger partial charge >= 0.3 is 0 Å². The third-order valence-electron chi connectivity index (χ3n) is 3.79. The largest absolute Gasteiger partial charge is 0.486 e. The molecule has 0 unspecified atom stereocenters. The molecule has 0 bridgehead atoms. The third kappa shape index (κ3) is 2.66. The summed E-state index contributed by atoms with van der Waals surface area (Å²) in [6, 6.07) is 9.63. The summed E-state index contributed by atoms with van der Waals surface area (Å²) < 4.78 is 12.9. The molecule has 1 aliphatic heterocycles. The van der Waals surface area contributed by atoms with Gasteiger partial charge in [-0.25, -0.2) is 9.50 Å². The molecule has 0 radical (unpaired) electrons. The Morgan fingerprint density at radius 2 is 2.04 bits per heavy atom. The Bertz CT molecular complexity index is 1010. The van der Waals surface area contributed by atoms with E-state index >= 15 is 0 Å². The highest BCUT2D eigenvalue weighted by molar-refractivity contribution is 7.20. The first-order valence-electron chi connectivity index (χ1n) is 7.78. The molecule has 4 aromatic rings. The molecule has 124 valence electrons. The van der Waals surface area contributed by atoms with Gasteiger partial charge in [-0.3, -0.25) is 4.98 Å². The van der Waals surface area contributed by atoms with Crippen molar-refractivity contribution in [2.45, 2.75) is 0 Å². The van der Waals surface area contributed by atoms with Gasteiger partial charge in [-0.2, -0.15) is 0 Å². The fraction of sp³-hybridized carbons (Fsp3) is 0.118. The van der Waals surface area contributed by atoms with Crippen LogP contribution in [-0.2, 0) is 0 Å². The molecule has 25 heavy (non-hydrogen) atoms. The summed E-state index contributed by atoms with van der Waals surface area (Å²) in [6.07, 6.45) is 5.44. The molecule has 0 amide bonds. The first kappa shape index (κ1) is 14.2. The maximum Gasteiger partial charge on any atom is 0.214 e. The van der Waals surface area contributed by atoms with Gasteiger partial charge in [0, 0.05) is 29.7 Å². The summed E-state index contributed by atoms with van der Waals surface area (Å²) in [4.78, 5) is 9.55. The normalized spacial score (nSPS) is 13.1. The first-order chi connectivity index (χ1) is 12.3. The van der Waals surface area contributed by atoms with Crippen LogP contribution in [0, 0.1) is 0 Å². The SMILES string of the molecule is c1cncc(-c2cn3nc(Nc4ccc5c(c4)OCCO5)sc3n2)c1. The Labute approximate surface area is 146 Å². The number of rotatable bonds is 3. The Kier molecular flexibility index (Phi) is 3.27. The Morgan fingerprint density at radius 3 is 2.88 bits per heavy atom. The standard InChI is InChI=1S/C17H13N5O2S/c1-2-11(9-18-5-1)13-10-22-17(20-13)25-16(21-22)19-12-3-4-14-15(8-12)24-7-6-23-14/h1-5,8-10H,6-7H2,(H,19,21). The van der Waals surface area contributed by atoms with Crippen molar-refractivity contribution in [1.29, 1.82) is 0 Å². The minimum absolute atomic E-state index is 0.568. The molecule has 0 spiro atoms. The van der Waals surface area contributed by atoms with Crippen LogP contribution < -0.4 is 14.8 Å². The lowest BCUT2D eigenvalue weighted by Crippen LogP contribution is -2.15. The number of anilines is 2. The smallest absolute Gasteiger partial charge is 0.214 e. The number of nitrogens with one attached hydrogen (secondary N) is 1. The van der Waals surface area contributed by atoms with Crippen molar-refractivity contribution in [1.82, 2.24) is 19.6 Å². The molecule has 1 aliphatic rings. The lowest BCUT2D eigenvalue weighted by Gasteiger charge is -2.18. The summed E-state index contributed by atoms with van der Waals surface area (Å²) in [7, 11) is 0. The quantitative estimate of drug-likeness (QED) is 0.610. The van der Waals surface area contributed by atoms with E-state index in [0.29, 0.717) is 13.2 Å². The van der Waals surface area contributed by atoms with Crippen LogP contribution in [0.2, 0.25) is 0 Å². The lowest BCUT2D eigenvalue weighted by atomic mass is 10.2. The average molecular weight is 351 g/mol. The molecule has 0 atom stereocenters. The second-order valence-corrected chi connectivity index (χ2v) is 6.44. The zero-order chi connectivity index (χ0) is 16.6. The molecule has 0 saturated carbocycles. The number of benzene rings is 1. The molecular weight excluding hydrogens is 338 g/mol. The predicted molar refractivity (Wildman–Crippen MR) is 94.8 cm³/mol. The topological polar surface area (TPSA) is 73.6 Å². The summed E-state index contributed by atoms with van der Waals surface area (Å²) in [6.45, 7) is 1.15. The van der Waals surface area contributed by atoms with Crippen molar-refractivity contribution in [2.75, 3.05) is 18.5 Å². The number of nitrogens with zero attached hydrogens (tertiary/aromatic N) is 4. The lowest BCUT2D eigenvalue weighted by molar-refractivity contribution is 0.171. The van der Waals surface area contributed by atoms with Crippen LogP contribution in [0.15, 0.2) is 48.9 Å². The fourth-order valence-corrected chi connectivity index (χ4v) is 3.45. The summed E-state index contributed by atoms with van der Waals surface area (Å²) >= 11 is 1.48. The van der Waals surface area contributed by atoms with Gasteiger partial charge in [-0.05, 0) is 24.3 Å². The molecule has 3 aromatic heterocycles. The van der Waals surface area contributed by atoms with Gasteiger partial charge in [-0.1, -0.05) is 11.3 Å². The van der Waals surface area contributed by atoms with E-state index < -0.39 is 0 Å². The second kappa shape index (κ2) is 5.75. The Morgan fingerprint density at radius 1 is 1.12 bits per heavy atom. The summed E-state index contributed by atoms with van der Waals surface area (Å²) in [5.74, 6) is 1.52. The Hall–Kier alpha value is -3.13. The first-order valence-corrected chi connectivity index (χ1v) is 8.60. The number of imidazole rings is 1. The highest BCUT2D eigenvalue weighted by atomic mass is 32.1. The number of aromatic nitrogens is 4. The predicted octanol–water partition coefficient (Wildman–Crippen LogP) is 3.37. The fourth-order valence-electron chi connectivity index (χ4n) is 2.65. The van der Waals surface area contributed by atoms with Crippen LogP contribution in [0.1, 0.15) is 0 Å². The minimum Gasteiger partial charge on any atom is -0.486 e. The molecule has 7 nitrogen and oxygen atoms in total. The minimum atomic E-state index is 0.568. The maximum absolute atomic E-state index is 5.60. The molecule has 0 saturated heterocycles. The van der Waals surface area contributed by atoms with Crippen LogP contribution in [0.4, 0.5) is 10.8 Å². The average Bonchev–Trinajstić information content (AvgIpc) is 3.21. The van der Waals surface area contributed by atoms with Gasteiger partial charge in [0.05, 0.1) is 11.9 Å². The van der Waals surface area contributed by atoms with Crippen molar-refractivity contribution in [3.63, 3.8) is 0 Å². The number of pyridine rings is 1. The van der Waals surface area contributed by atoms with E-state index in [-0.39, 0.29) is 0 Å². The van der Waals surface area contributed by atoms with E-state index in [9.17, 15) is 0 Å². The van der Waals surface area contributed by atoms with E-state index in [1.54, 1.807) is 16.9 Å². The maximum atomic E-state index is 5.60. The van der Waals surface area contributed by atoms with Gasteiger partial charge in [-0.15, -0.1) is 5.10 Å². The van der Waals surface area contributed by atoms with Gasteiger partial charge < -0.3 is 14.8 Å². The molecular formula is C17H13N5O2S. The third-order valence-corrected chi connectivity index (χ3v) is 4.63.